The van der Waals surface area contributed by atoms with Gasteiger partial charge in [-0.3, -0.25) is 4.79 Å². The molecule has 0 aliphatic rings. The molecule has 2 rings (SSSR count). The molecule has 0 N–H and O–H groups in total. The van der Waals surface area contributed by atoms with Crippen LogP contribution in [-0.2, 0) is 0 Å². The van der Waals surface area contributed by atoms with E-state index >= 15 is 0 Å². The number of hydrogen-bond acceptors (Lipinski definition) is 3. The van der Waals surface area contributed by atoms with Crippen LogP contribution in [0, 0.1) is 20.8 Å². The van der Waals surface area contributed by atoms with E-state index in [0.717, 1.165) is 22.3 Å². The second kappa shape index (κ2) is 4.94. The summed E-state index contributed by atoms with van der Waals surface area (Å²) in [5, 5.41) is 3.88. The third-order valence-electron chi connectivity index (χ3n) is 3.23. The Labute approximate surface area is 111 Å². The number of ketones is 1. The highest BCUT2D eigenvalue weighted by Crippen LogP contribution is 2.29. The third-order valence-corrected chi connectivity index (χ3v) is 4.09. The zero-order valence-electron chi connectivity index (χ0n) is 11.0. The van der Waals surface area contributed by atoms with Crippen molar-refractivity contribution in [3.63, 3.8) is 0 Å². The molecule has 1 heterocycles. The molecule has 2 aromatic rings. The van der Waals surface area contributed by atoms with Crippen molar-refractivity contribution in [2.24, 2.45) is 0 Å². The Morgan fingerprint density at radius 3 is 2.33 bits per heavy atom. The summed E-state index contributed by atoms with van der Waals surface area (Å²) in [6.07, 6.45) is 0. The summed E-state index contributed by atoms with van der Waals surface area (Å²) < 4.78 is 5.40. The fourth-order valence-electron chi connectivity index (χ4n) is 1.97. The Kier molecular flexibility index (Phi) is 3.53. The van der Waals surface area contributed by atoms with Crippen molar-refractivity contribution in [2.45, 2.75) is 20.8 Å². The summed E-state index contributed by atoms with van der Waals surface area (Å²) in [5.41, 5.74) is 4.58. The summed E-state index contributed by atoms with van der Waals surface area (Å²) in [4.78, 5) is 12.5. The number of carbonyl (C=O) groups excluding carboxylic acids is 1. The lowest BCUT2D eigenvalue weighted by Gasteiger charge is -2.12. The highest BCUT2D eigenvalue weighted by Gasteiger charge is 2.18. The molecule has 2 nitrogen and oxygen atoms in total. The fraction of sp³-hybridized carbons (Fsp3) is 0.267. The number of benzene rings is 1. The van der Waals surface area contributed by atoms with Gasteiger partial charge in [0.25, 0.3) is 0 Å². The summed E-state index contributed by atoms with van der Waals surface area (Å²) in [6.45, 7) is 5.95. The maximum Gasteiger partial charge on any atom is 0.197 e. The monoisotopic (exact) mass is 260 g/mol. The largest absolute Gasteiger partial charge is 0.496 e. The highest BCUT2D eigenvalue weighted by molar-refractivity contribution is 7.08. The fourth-order valence-corrected chi connectivity index (χ4v) is 2.80. The Morgan fingerprint density at radius 1 is 1.06 bits per heavy atom. The van der Waals surface area contributed by atoms with Crippen LogP contribution in [0.4, 0.5) is 0 Å². The van der Waals surface area contributed by atoms with Crippen LogP contribution in [0.1, 0.15) is 32.6 Å². The standard InChI is InChI=1S/C15H16O2S/c1-9-5-6-12(15(17-4)11(9)3)14(16)13-8-18-7-10(13)2/h5-8H,1-4H3. The lowest BCUT2D eigenvalue weighted by molar-refractivity contribution is 0.103. The molecule has 0 saturated heterocycles. The molecule has 1 aromatic carbocycles. The predicted molar refractivity (Wildman–Crippen MR) is 75.0 cm³/mol. The molecule has 0 bridgehead atoms. The molecule has 0 amide bonds. The van der Waals surface area contributed by atoms with Crippen molar-refractivity contribution < 1.29 is 9.53 Å². The lowest BCUT2D eigenvalue weighted by atomic mass is 9.97. The van der Waals surface area contributed by atoms with E-state index in [-0.39, 0.29) is 5.78 Å². The molecule has 18 heavy (non-hydrogen) atoms. The Bertz CT molecular complexity index is 597. The van der Waals surface area contributed by atoms with E-state index < -0.39 is 0 Å². The van der Waals surface area contributed by atoms with Crippen LogP contribution in [0.15, 0.2) is 22.9 Å². The van der Waals surface area contributed by atoms with Crippen LogP contribution in [0.5, 0.6) is 5.75 Å². The first-order chi connectivity index (χ1) is 8.56. The first-order valence-corrected chi connectivity index (χ1v) is 6.72. The summed E-state index contributed by atoms with van der Waals surface area (Å²) in [5.74, 6) is 0.722. The number of aryl methyl sites for hydroxylation is 2. The topological polar surface area (TPSA) is 26.3 Å². The zero-order chi connectivity index (χ0) is 13.3. The van der Waals surface area contributed by atoms with Gasteiger partial charge in [-0.05, 0) is 48.9 Å². The molecule has 0 atom stereocenters. The molecular weight excluding hydrogens is 244 g/mol. The summed E-state index contributed by atoms with van der Waals surface area (Å²) >= 11 is 1.55. The summed E-state index contributed by atoms with van der Waals surface area (Å²) in [7, 11) is 1.61. The minimum absolute atomic E-state index is 0.0358. The first-order valence-electron chi connectivity index (χ1n) is 5.78. The SMILES string of the molecule is COc1c(C(=O)c2cscc2C)ccc(C)c1C. The van der Waals surface area contributed by atoms with Gasteiger partial charge in [-0.15, -0.1) is 0 Å². The Balaban J connectivity index is 2.56. The molecule has 0 spiro atoms. The van der Waals surface area contributed by atoms with E-state index in [4.69, 9.17) is 4.74 Å². The van der Waals surface area contributed by atoms with E-state index in [9.17, 15) is 4.79 Å². The zero-order valence-corrected chi connectivity index (χ0v) is 11.9. The van der Waals surface area contributed by atoms with Crippen molar-refractivity contribution >= 4 is 17.1 Å². The predicted octanol–water partition coefficient (Wildman–Crippen LogP) is 3.91. The van der Waals surface area contributed by atoms with Gasteiger partial charge in [-0.1, -0.05) is 6.07 Å². The highest BCUT2D eigenvalue weighted by atomic mass is 32.1. The number of carbonyl (C=O) groups is 1. The normalized spacial score (nSPS) is 10.4. The van der Waals surface area contributed by atoms with E-state index in [1.54, 1.807) is 18.4 Å². The van der Waals surface area contributed by atoms with Gasteiger partial charge in [0.1, 0.15) is 5.75 Å². The van der Waals surface area contributed by atoms with E-state index in [1.807, 2.05) is 43.7 Å². The van der Waals surface area contributed by atoms with Crippen LogP contribution in [-0.4, -0.2) is 12.9 Å². The second-order valence-corrected chi connectivity index (χ2v) is 5.13. The minimum Gasteiger partial charge on any atom is -0.496 e. The van der Waals surface area contributed by atoms with Crippen LogP contribution >= 0.6 is 11.3 Å². The maximum absolute atomic E-state index is 12.5. The van der Waals surface area contributed by atoms with Crippen molar-refractivity contribution in [3.8, 4) is 5.75 Å². The van der Waals surface area contributed by atoms with Crippen molar-refractivity contribution in [2.75, 3.05) is 7.11 Å². The average Bonchev–Trinajstić information content (AvgIpc) is 2.78. The van der Waals surface area contributed by atoms with Gasteiger partial charge >= 0.3 is 0 Å². The number of hydrogen-bond donors (Lipinski definition) is 0. The molecular formula is C15H16O2S. The number of ether oxygens (including phenoxy) is 1. The van der Waals surface area contributed by atoms with Gasteiger partial charge in [-0.2, -0.15) is 11.3 Å². The first kappa shape index (κ1) is 12.8. The van der Waals surface area contributed by atoms with Crippen LogP contribution in [0.25, 0.3) is 0 Å². The van der Waals surface area contributed by atoms with E-state index in [0.29, 0.717) is 11.3 Å². The van der Waals surface area contributed by atoms with Crippen molar-refractivity contribution in [1.82, 2.24) is 0 Å². The molecule has 3 heteroatoms. The lowest BCUT2D eigenvalue weighted by Crippen LogP contribution is -2.06. The number of thiophene rings is 1. The van der Waals surface area contributed by atoms with Gasteiger partial charge in [0.2, 0.25) is 0 Å². The third kappa shape index (κ3) is 2.06. The van der Waals surface area contributed by atoms with Crippen molar-refractivity contribution in [1.29, 1.82) is 0 Å². The smallest absolute Gasteiger partial charge is 0.197 e. The maximum atomic E-state index is 12.5. The Hall–Kier alpha value is -1.61. The molecule has 0 aliphatic carbocycles. The molecule has 0 aliphatic heterocycles. The molecule has 0 unspecified atom stereocenters. The van der Waals surface area contributed by atoms with Gasteiger partial charge < -0.3 is 4.74 Å². The van der Waals surface area contributed by atoms with Gasteiger partial charge in [-0.25, -0.2) is 0 Å². The van der Waals surface area contributed by atoms with Crippen LogP contribution < -0.4 is 4.74 Å². The quantitative estimate of drug-likeness (QED) is 0.782. The van der Waals surface area contributed by atoms with Crippen LogP contribution in [0.3, 0.4) is 0 Å². The average molecular weight is 260 g/mol. The van der Waals surface area contributed by atoms with Gasteiger partial charge in [0, 0.05) is 10.9 Å². The summed E-state index contributed by atoms with van der Waals surface area (Å²) in [6, 6.07) is 3.81. The second-order valence-electron chi connectivity index (χ2n) is 4.39. The number of methoxy groups -OCH3 is 1. The van der Waals surface area contributed by atoms with Crippen molar-refractivity contribution in [3.05, 3.63) is 50.7 Å². The number of rotatable bonds is 3. The minimum atomic E-state index is 0.0358. The molecule has 1 aromatic heterocycles. The van der Waals surface area contributed by atoms with Gasteiger partial charge in [0.15, 0.2) is 5.78 Å². The van der Waals surface area contributed by atoms with E-state index in [1.165, 1.54) is 0 Å². The van der Waals surface area contributed by atoms with E-state index in [2.05, 4.69) is 0 Å². The molecule has 0 saturated carbocycles. The van der Waals surface area contributed by atoms with Gasteiger partial charge in [0.05, 0.1) is 12.7 Å². The molecule has 0 fully saturated rings. The molecule has 94 valence electrons. The molecule has 0 radical (unpaired) electrons. The Morgan fingerprint density at radius 2 is 1.78 bits per heavy atom. The van der Waals surface area contributed by atoms with Crippen LogP contribution in [0.2, 0.25) is 0 Å².